The zero-order valence-corrected chi connectivity index (χ0v) is 13.3. The van der Waals surface area contributed by atoms with Crippen LogP contribution in [0.15, 0.2) is 21.6 Å². The van der Waals surface area contributed by atoms with Gasteiger partial charge in [-0.1, -0.05) is 13.8 Å². The van der Waals surface area contributed by atoms with Crippen LogP contribution in [0.4, 0.5) is 0 Å². The van der Waals surface area contributed by atoms with Crippen molar-refractivity contribution in [3.63, 3.8) is 0 Å². The number of nitrogens with zero attached hydrogens (tertiary/aromatic N) is 1. The second-order valence-electron chi connectivity index (χ2n) is 5.40. The maximum atomic E-state index is 11.9. The van der Waals surface area contributed by atoms with Crippen LogP contribution in [0.3, 0.4) is 0 Å². The second kappa shape index (κ2) is 7.21. The Hall–Kier alpha value is -0.890. The van der Waals surface area contributed by atoms with Gasteiger partial charge in [-0.05, 0) is 24.5 Å². The third-order valence-electron chi connectivity index (χ3n) is 2.91. The maximum Gasteiger partial charge on any atom is 0.275 e. The lowest BCUT2D eigenvalue weighted by Gasteiger charge is -2.17. The fourth-order valence-corrected chi connectivity index (χ4v) is 2.62. The summed E-state index contributed by atoms with van der Waals surface area (Å²) in [7, 11) is -0.613. The Bertz CT molecular complexity index is 508. The quantitative estimate of drug-likeness (QED) is 0.749. The third-order valence-corrected chi connectivity index (χ3v) is 4.60. The summed E-state index contributed by atoms with van der Waals surface area (Å²) in [6.07, 6.45) is 0.847. The van der Waals surface area contributed by atoms with Gasteiger partial charge in [-0.2, -0.15) is 0 Å². The molecule has 1 aromatic heterocycles. The third kappa shape index (κ3) is 4.59. The number of hydrogen-bond donors (Lipinski definition) is 2. The van der Waals surface area contributed by atoms with E-state index in [9.17, 15) is 13.5 Å². The molecule has 0 spiro atoms. The molecule has 0 radical (unpaired) electrons. The lowest BCUT2D eigenvalue weighted by molar-refractivity contribution is 0.220. The topological polar surface area (TPSA) is 82.8 Å². The summed E-state index contributed by atoms with van der Waals surface area (Å²) in [5.41, 5.74) is 0. The lowest BCUT2D eigenvalue weighted by atomic mass is 10.0. The van der Waals surface area contributed by atoms with Crippen molar-refractivity contribution in [1.82, 2.24) is 9.62 Å². The van der Waals surface area contributed by atoms with Crippen LogP contribution in [-0.2, 0) is 16.6 Å². The number of nitrogens with one attached hydrogen (secondary N) is 1. The molecular weight excluding hydrogens is 280 g/mol. The van der Waals surface area contributed by atoms with Crippen molar-refractivity contribution in [1.29, 1.82) is 0 Å². The van der Waals surface area contributed by atoms with Gasteiger partial charge in [-0.3, -0.25) is 0 Å². The van der Waals surface area contributed by atoms with Gasteiger partial charge in [0, 0.05) is 20.1 Å². The van der Waals surface area contributed by atoms with E-state index in [-0.39, 0.29) is 17.7 Å². The molecule has 0 saturated heterocycles. The van der Waals surface area contributed by atoms with E-state index in [4.69, 9.17) is 4.42 Å². The van der Waals surface area contributed by atoms with E-state index in [1.54, 1.807) is 6.07 Å². The first kappa shape index (κ1) is 17.2. The Kier molecular flexibility index (Phi) is 6.19. The summed E-state index contributed by atoms with van der Waals surface area (Å²) < 4.78 is 30.2. The maximum absolute atomic E-state index is 11.9. The van der Waals surface area contributed by atoms with E-state index >= 15 is 0 Å². The van der Waals surface area contributed by atoms with E-state index in [1.165, 1.54) is 20.2 Å². The fraction of sp³-hybridized carbons (Fsp3) is 0.692. The van der Waals surface area contributed by atoms with E-state index < -0.39 is 10.0 Å². The molecule has 0 aliphatic rings. The Morgan fingerprint density at radius 1 is 1.35 bits per heavy atom. The predicted molar refractivity (Wildman–Crippen MR) is 76.7 cm³/mol. The van der Waals surface area contributed by atoms with Gasteiger partial charge in [0.1, 0.15) is 5.76 Å². The van der Waals surface area contributed by atoms with Crippen molar-refractivity contribution in [3.8, 4) is 0 Å². The SMILES string of the molecule is CC(C)CC(CO)NCc1ccc(S(=O)(=O)N(C)C)o1. The Morgan fingerprint density at radius 2 is 2.00 bits per heavy atom. The molecule has 1 aromatic rings. The van der Waals surface area contributed by atoms with Gasteiger partial charge in [0.2, 0.25) is 5.09 Å². The van der Waals surface area contributed by atoms with Crippen molar-refractivity contribution in [2.45, 2.75) is 37.9 Å². The highest BCUT2D eigenvalue weighted by Gasteiger charge is 2.21. The number of furan rings is 1. The molecule has 0 bridgehead atoms. The van der Waals surface area contributed by atoms with Crippen molar-refractivity contribution in [3.05, 3.63) is 17.9 Å². The van der Waals surface area contributed by atoms with Crippen LogP contribution in [0.1, 0.15) is 26.0 Å². The molecule has 0 aliphatic heterocycles. The van der Waals surface area contributed by atoms with Gasteiger partial charge < -0.3 is 14.8 Å². The summed E-state index contributed by atoms with van der Waals surface area (Å²) in [5.74, 6) is 1.01. The summed E-state index contributed by atoms with van der Waals surface area (Å²) in [5, 5.41) is 12.4. The van der Waals surface area contributed by atoms with Crippen LogP contribution in [0.2, 0.25) is 0 Å². The molecule has 1 rings (SSSR count). The first-order valence-corrected chi connectivity index (χ1v) is 8.06. The molecule has 0 aliphatic carbocycles. The van der Waals surface area contributed by atoms with Crippen LogP contribution in [0.5, 0.6) is 0 Å². The van der Waals surface area contributed by atoms with Gasteiger partial charge in [-0.15, -0.1) is 0 Å². The van der Waals surface area contributed by atoms with E-state index in [2.05, 4.69) is 19.2 Å². The van der Waals surface area contributed by atoms with Gasteiger partial charge in [0.15, 0.2) is 0 Å². The summed E-state index contributed by atoms with van der Waals surface area (Å²) in [6.45, 7) is 4.60. The molecule has 7 heteroatoms. The lowest BCUT2D eigenvalue weighted by Crippen LogP contribution is -2.33. The number of aliphatic hydroxyl groups is 1. The second-order valence-corrected chi connectivity index (χ2v) is 7.48. The highest BCUT2D eigenvalue weighted by Crippen LogP contribution is 2.17. The first-order chi connectivity index (χ1) is 9.27. The Labute approximate surface area is 120 Å². The fourth-order valence-electron chi connectivity index (χ4n) is 1.81. The van der Waals surface area contributed by atoms with Crippen LogP contribution in [-0.4, -0.2) is 44.6 Å². The zero-order valence-electron chi connectivity index (χ0n) is 12.5. The number of rotatable bonds is 8. The summed E-state index contributed by atoms with van der Waals surface area (Å²) >= 11 is 0. The number of aliphatic hydroxyl groups excluding tert-OH is 1. The molecule has 0 amide bonds. The van der Waals surface area contributed by atoms with Crippen LogP contribution >= 0.6 is 0 Å². The Balaban J connectivity index is 2.65. The van der Waals surface area contributed by atoms with E-state index in [0.29, 0.717) is 18.2 Å². The summed E-state index contributed by atoms with van der Waals surface area (Å²) in [6, 6.07) is 3.06. The molecule has 116 valence electrons. The van der Waals surface area contributed by atoms with Crippen LogP contribution in [0.25, 0.3) is 0 Å². The minimum absolute atomic E-state index is 0.0194. The highest BCUT2D eigenvalue weighted by atomic mass is 32.2. The van der Waals surface area contributed by atoms with Crippen LogP contribution < -0.4 is 5.32 Å². The minimum Gasteiger partial charge on any atom is -0.447 e. The van der Waals surface area contributed by atoms with Crippen LogP contribution in [0, 0.1) is 5.92 Å². The Morgan fingerprint density at radius 3 is 2.50 bits per heavy atom. The summed E-state index contributed by atoms with van der Waals surface area (Å²) in [4.78, 5) is 0. The molecule has 20 heavy (non-hydrogen) atoms. The van der Waals surface area contributed by atoms with Gasteiger partial charge in [0.05, 0.1) is 13.2 Å². The molecule has 6 nitrogen and oxygen atoms in total. The predicted octanol–water partition coefficient (Wildman–Crippen LogP) is 1.03. The molecule has 1 atom stereocenters. The van der Waals surface area contributed by atoms with Gasteiger partial charge >= 0.3 is 0 Å². The average Bonchev–Trinajstić information content (AvgIpc) is 2.83. The molecule has 0 aromatic carbocycles. The van der Waals surface area contributed by atoms with Crippen molar-refractivity contribution in [2.75, 3.05) is 20.7 Å². The largest absolute Gasteiger partial charge is 0.447 e. The molecule has 0 fully saturated rings. The molecular formula is C13H24N2O4S. The average molecular weight is 304 g/mol. The zero-order chi connectivity index (χ0) is 15.3. The van der Waals surface area contributed by atoms with E-state index in [0.717, 1.165) is 10.7 Å². The highest BCUT2D eigenvalue weighted by molar-refractivity contribution is 7.88. The van der Waals surface area contributed by atoms with Gasteiger partial charge in [-0.25, -0.2) is 12.7 Å². The normalized spacial score (nSPS) is 14.2. The molecule has 2 N–H and O–H groups in total. The first-order valence-electron chi connectivity index (χ1n) is 6.62. The van der Waals surface area contributed by atoms with Crippen molar-refractivity contribution < 1.29 is 17.9 Å². The molecule has 1 unspecified atom stereocenters. The standard InChI is InChI=1S/C13H24N2O4S/c1-10(2)7-11(9-16)14-8-12-5-6-13(19-12)20(17,18)15(3)4/h5-6,10-11,14,16H,7-9H2,1-4H3. The number of hydrogen-bond acceptors (Lipinski definition) is 5. The molecule has 1 heterocycles. The monoisotopic (exact) mass is 304 g/mol. The van der Waals surface area contributed by atoms with E-state index in [1.807, 2.05) is 0 Å². The molecule has 0 saturated carbocycles. The number of sulfonamides is 1. The van der Waals surface area contributed by atoms with Crippen molar-refractivity contribution in [2.24, 2.45) is 5.92 Å². The smallest absolute Gasteiger partial charge is 0.275 e. The van der Waals surface area contributed by atoms with Crippen molar-refractivity contribution >= 4 is 10.0 Å². The minimum atomic E-state index is -3.53. The van der Waals surface area contributed by atoms with Gasteiger partial charge in [0.25, 0.3) is 10.0 Å².